The molecular formula is C15H18O8. The second kappa shape index (κ2) is 10.8. The van der Waals surface area contributed by atoms with Crippen LogP contribution in [0.4, 0.5) is 0 Å². The first kappa shape index (κ1) is 20.1. The summed E-state index contributed by atoms with van der Waals surface area (Å²) in [5, 5.41) is 33.2. The molecule has 1 atom stereocenters. The van der Waals surface area contributed by atoms with Gasteiger partial charge in [0.1, 0.15) is 0 Å². The maximum atomic E-state index is 10.8. The average molecular weight is 326 g/mol. The lowest BCUT2D eigenvalue weighted by Crippen LogP contribution is -2.20. The molecular weight excluding hydrogens is 308 g/mol. The Hall–Kier alpha value is -2.90. The van der Waals surface area contributed by atoms with E-state index in [1.165, 1.54) is 0 Å². The van der Waals surface area contributed by atoms with E-state index in [1.54, 1.807) is 24.3 Å². The molecule has 0 spiro atoms. The summed E-state index contributed by atoms with van der Waals surface area (Å²) in [4.78, 5) is 40.5. The Morgan fingerprint density at radius 2 is 1.26 bits per heavy atom. The molecule has 0 saturated carbocycles. The van der Waals surface area contributed by atoms with Crippen LogP contribution in [-0.2, 0) is 25.6 Å². The molecule has 1 rings (SSSR count). The fraction of sp³-hybridized carbons (Fsp3) is 0.333. The minimum absolute atomic E-state index is 0.252. The number of carboxylic acid groups (broad SMARTS) is 4. The van der Waals surface area contributed by atoms with E-state index >= 15 is 0 Å². The number of hydrogen-bond acceptors (Lipinski definition) is 4. The van der Waals surface area contributed by atoms with Crippen LogP contribution in [0, 0.1) is 5.92 Å². The van der Waals surface area contributed by atoms with E-state index in [0.29, 0.717) is 0 Å². The second-order valence-corrected chi connectivity index (χ2v) is 4.61. The first-order valence-electron chi connectivity index (χ1n) is 6.64. The largest absolute Gasteiger partial charge is 0.481 e. The van der Waals surface area contributed by atoms with Crippen LogP contribution in [0.2, 0.25) is 0 Å². The minimum Gasteiger partial charge on any atom is -0.481 e. The molecule has 8 heteroatoms. The Bertz CT molecular complexity index is 524. The fourth-order valence-electron chi connectivity index (χ4n) is 1.57. The normalized spacial score (nSPS) is 10.8. The predicted octanol–water partition coefficient (Wildman–Crippen LogP) is 1.34. The highest BCUT2D eigenvalue weighted by molar-refractivity contribution is 5.78. The summed E-state index contributed by atoms with van der Waals surface area (Å²) in [5.74, 6) is -5.16. The summed E-state index contributed by atoms with van der Waals surface area (Å²) in [6, 6.07) is 9.01. The molecule has 0 saturated heterocycles. The van der Waals surface area contributed by atoms with Gasteiger partial charge in [-0.25, -0.2) is 0 Å². The molecule has 0 bridgehead atoms. The molecule has 1 aromatic carbocycles. The van der Waals surface area contributed by atoms with Crippen LogP contribution in [0.3, 0.4) is 0 Å². The topological polar surface area (TPSA) is 149 Å². The monoisotopic (exact) mass is 326 g/mol. The molecule has 0 fully saturated rings. The van der Waals surface area contributed by atoms with Crippen LogP contribution in [0.5, 0.6) is 0 Å². The van der Waals surface area contributed by atoms with E-state index in [9.17, 15) is 19.2 Å². The van der Waals surface area contributed by atoms with Gasteiger partial charge in [0.25, 0.3) is 0 Å². The van der Waals surface area contributed by atoms with E-state index in [4.69, 9.17) is 20.4 Å². The number of carbonyl (C=O) groups is 4. The summed E-state index contributed by atoms with van der Waals surface area (Å²) < 4.78 is 0. The van der Waals surface area contributed by atoms with E-state index in [2.05, 4.69) is 0 Å². The van der Waals surface area contributed by atoms with Gasteiger partial charge in [-0.05, 0) is 12.0 Å². The average Bonchev–Trinajstić information content (AvgIpc) is 2.45. The summed E-state index contributed by atoms with van der Waals surface area (Å²) in [6.45, 7) is 0. The van der Waals surface area contributed by atoms with Crippen molar-refractivity contribution in [1.82, 2.24) is 0 Å². The number of rotatable bonds is 8. The second-order valence-electron chi connectivity index (χ2n) is 4.61. The standard InChI is InChI=1S/C11H12O4.C4H6O4/c12-10(13)7-9(11(14)15)6-8-4-2-1-3-5-8;5-3(6)1-2-4(7)8/h1-5,9H,6-7H2,(H,12,13)(H,14,15);1-2H2,(H,5,6)(H,7,8). The maximum absolute atomic E-state index is 10.8. The van der Waals surface area contributed by atoms with Gasteiger partial charge in [-0.2, -0.15) is 0 Å². The molecule has 0 aliphatic rings. The first-order valence-corrected chi connectivity index (χ1v) is 6.64. The lowest BCUT2D eigenvalue weighted by Gasteiger charge is -2.09. The molecule has 0 heterocycles. The SMILES string of the molecule is O=C(O)CC(Cc1ccccc1)C(=O)O.O=C(O)CCC(=O)O. The van der Waals surface area contributed by atoms with Gasteiger partial charge in [-0.15, -0.1) is 0 Å². The Labute approximate surface area is 132 Å². The lowest BCUT2D eigenvalue weighted by molar-refractivity contribution is -0.148. The third kappa shape index (κ3) is 11.4. The zero-order valence-electron chi connectivity index (χ0n) is 12.2. The van der Waals surface area contributed by atoms with Gasteiger partial charge in [-0.1, -0.05) is 30.3 Å². The van der Waals surface area contributed by atoms with Gasteiger partial charge in [0.15, 0.2) is 0 Å². The van der Waals surface area contributed by atoms with Gasteiger partial charge >= 0.3 is 23.9 Å². The van der Waals surface area contributed by atoms with Crippen molar-refractivity contribution in [3.63, 3.8) is 0 Å². The Morgan fingerprint density at radius 1 is 0.783 bits per heavy atom. The Balaban J connectivity index is 0.000000515. The van der Waals surface area contributed by atoms with Crippen molar-refractivity contribution in [2.75, 3.05) is 0 Å². The molecule has 8 nitrogen and oxygen atoms in total. The third-order valence-corrected chi connectivity index (χ3v) is 2.65. The van der Waals surface area contributed by atoms with Crippen LogP contribution < -0.4 is 0 Å². The van der Waals surface area contributed by atoms with Crippen molar-refractivity contribution in [1.29, 1.82) is 0 Å². The van der Waals surface area contributed by atoms with Crippen molar-refractivity contribution in [2.45, 2.75) is 25.7 Å². The molecule has 0 aromatic heterocycles. The van der Waals surface area contributed by atoms with E-state index in [-0.39, 0.29) is 25.7 Å². The van der Waals surface area contributed by atoms with Crippen molar-refractivity contribution >= 4 is 23.9 Å². The van der Waals surface area contributed by atoms with Crippen LogP contribution in [-0.4, -0.2) is 44.3 Å². The van der Waals surface area contributed by atoms with E-state index < -0.39 is 29.8 Å². The minimum atomic E-state index is -1.08. The van der Waals surface area contributed by atoms with Gasteiger partial charge in [-0.3, -0.25) is 19.2 Å². The molecule has 1 aromatic rings. The summed E-state index contributed by atoms with van der Waals surface area (Å²) >= 11 is 0. The predicted molar refractivity (Wildman–Crippen MR) is 78.0 cm³/mol. The zero-order valence-corrected chi connectivity index (χ0v) is 12.2. The third-order valence-electron chi connectivity index (χ3n) is 2.65. The Morgan fingerprint density at radius 3 is 1.61 bits per heavy atom. The molecule has 0 aliphatic heterocycles. The quantitative estimate of drug-likeness (QED) is 0.559. The van der Waals surface area contributed by atoms with Crippen LogP contribution >= 0.6 is 0 Å². The first-order chi connectivity index (χ1) is 10.7. The fourth-order valence-corrected chi connectivity index (χ4v) is 1.57. The molecule has 1 unspecified atom stereocenters. The Kier molecular flexibility index (Phi) is 9.42. The maximum Gasteiger partial charge on any atom is 0.307 e. The molecule has 0 aliphatic carbocycles. The number of hydrogen-bond donors (Lipinski definition) is 4. The highest BCUT2D eigenvalue weighted by Gasteiger charge is 2.21. The van der Waals surface area contributed by atoms with Crippen molar-refractivity contribution < 1.29 is 39.6 Å². The highest BCUT2D eigenvalue weighted by atomic mass is 16.4. The van der Waals surface area contributed by atoms with Gasteiger partial charge in [0, 0.05) is 0 Å². The summed E-state index contributed by atoms with van der Waals surface area (Å²) in [7, 11) is 0. The van der Waals surface area contributed by atoms with Crippen molar-refractivity contribution in [3.8, 4) is 0 Å². The highest BCUT2D eigenvalue weighted by Crippen LogP contribution is 2.12. The zero-order chi connectivity index (χ0) is 17.8. The molecule has 23 heavy (non-hydrogen) atoms. The van der Waals surface area contributed by atoms with Crippen LogP contribution in [0.25, 0.3) is 0 Å². The molecule has 0 radical (unpaired) electrons. The van der Waals surface area contributed by atoms with Crippen molar-refractivity contribution in [3.05, 3.63) is 35.9 Å². The van der Waals surface area contributed by atoms with Crippen molar-refractivity contribution in [2.24, 2.45) is 5.92 Å². The smallest absolute Gasteiger partial charge is 0.307 e. The number of aliphatic carboxylic acids is 4. The number of benzene rings is 1. The van der Waals surface area contributed by atoms with Crippen LogP contribution in [0.1, 0.15) is 24.8 Å². The van der Waals surface area contributed by atoms with Crippen LogP contribution in [0.15, 0.2) is 30.3 Å². The summed E-state index contributed by atoms with van der Waals surface area (Å²) in [5.41, 5.74) is 0.839. The lowest BCUT2D eigenvalue weighted by atomic mass is 9.96. The number of carboxylic acids is 4. The van der Waals surface area contributed by atoms with E-state index in [1.807, 2.05) is 6.07 Å². The molecule has 4 N–H and O–H groups in total. The van der Waals surface area contributed by atoms with E-state index in [0.717, 1.165) is 5.56 Å². The van der Waals surface area contributed by atoms with Gasteiger partial charge in [0.2, 0.25) is 0 Å². The molecule has 0 amide bonds. The molecule has 126 valence electrons. The van der Waals surface area contributed by atoms with Gasteiger partial charge in [0.05, 0.1) is 25.2 Å². The summed E-state index contributed by atoms with van der Waals surface area (Å²) in [6.07, 6.45) is -0.683. The van der Waals surface area contributed by atoms with Gasteiger partial charge < -0.3 is 20.4 Å².